The summed E-state index contributed by atoms with van der Waals surface area (Å²) in [5, 5.41) is 11.5. The predicted molar refractivity (Wildman–Crippen MR) is 59.3 cm³/mol. The van der Waals surface area contributed by atoms with Crippen molar-refractivity contribution in [1.82, 2.24) is 4.98 Å². The summed E-state index contributed by atoms with van der Waals surface area (Å²) in [6.45, 7) is 0. The fraction of sp³-hybridized carbons (Fsp3) is 0. The molecule has 1 heterocycles. The number of nitrogens with zero attached hydrogens (tertiary/aromatic N) is 1. The van der Waals surface area contributed by atoms with Gasteiger partial charge < -0.3 is 4.98 Å². The smallest absolute Gasteiger partial charge is 0.235 e. The first-order valence-electron chi connectivity index (χ1n) is 4.26. The van der Waals surface area contributed by atoms with Crippen LogP contribution in [0.1, 0.15) is 5.56 Å². The summed E-state index contributed by atoms with van der Waals surface area (Å²) in [5.74, 6) is 0. The van der Waals surface area contributed by atoms with E-state index >= 15 is 0 Å². The minimum Gasteiger partial charge on any atom is -0.345 e. The second-order valence-electron chi connectivity index (χ2n) is 3.00. The first-order valence-corrected chi connectivity index (χ1v) is 4.64. The highest BCUT2D eigenvalue weighted by Gasteiger charge is 2.06. The van der Waals surface area contributed by atoms with Crippen molar-refractivity contribution in [3.63, 3.8) is 0 Å². The monoisotopic (exact) mass is 222 g/mol. The molecule has 0 atom stereocenters. The number of benzene rings is 1. The molecule has 0 bridgehead atoms. The van der Waals surface area contributed by atoms with Gasteiger partial charge in [-0.15, -0.1) is 0 Å². The van der Waals surface area contributed by atoms with Gasteiger partial charge >= 0.3 is 0 Å². The van der Waals surface area contributed by atoms with Gasteiger partial charge in [-0.3, -0.25) is 10.1 Å². The molecule has 1 aromatic heterocycles. The average molecular weight is 223 g/mol. The zero-order valence-corrected chi connectivity index (χ0v) is 8.36. The largest absolute Gasteiger partial charge is 0.345 e. The molecule has 2 rings (SSSR count). The third-order valence-electron chi connectivity index (χ3n) is 2.06. The Morgan fingerprint density at radius 3 is 2.87 bits per heavy atom. The number of nitro groups is 1. The maximum atomic E-state index is 10.2. The number of nitrogens with one attached hydrogen (secondary N) is 1. The highest BCUT2D eigenvalue weighted by atomic mass is 35.5. The molecule has 0 saturated carbocycles. The van der Waals surface area contributed by atoms with Crippen LogP contribution < -0.4 is 0 Å². The van der Waals surface area contributed by atoms with Gasteiger partial charge in [-0.2, -0.15) is 0 Å². The quantitative estimate of drug-likeness (QED) is 0.627. The van der Waals surface area contributed by atoms with Crippen molar-refractivity contribution in [2.45, 2.75) is 0 Å². The number of H-pyrrole nitrogens is 1. The maximum absolute atomic E-state index is 10.2. The Morgan fingerprint density at radius 1 is 1.40 bits per heavy atom. The van der Waals surface area contributed by atoms with E-state index in [0.29, 0.717) is 10.7 Å². The first-order chi connectivity index (χ1) is 7.18. The summed E-state index contributed by atoms with van der Waals surface area (Å²) >= 11 is 5.92. The maximum Gasteiger partial charge on any atom is 0.235 e. The molecule has 0 amide bonds. The van der Waals surface area contributed by atoms with E-state index in [2.05, 4.69) is 4.98 Å². The highest BCUT2D eigenvalue weighted by molar-refractivity contribution is 6.32. The summed E-state index contributed by atoms with van der Waals surface area (Å²) in [7, 11) is 0. The van der Waals surface area contributed by atoms with Gasteiger partial charge in [-0.1, -0.05) is 29.8 Å². The van der Waals surface area contributed by atoms with Crippen molar-refractivity contribution < 1.29 is 4.92 Å². The van der Waals surface area contributed by atoms with Crippen LogP contribution in [0.4, 0.5) is 0 Å². The molecule has 0 aliphatic heterocycles. The summed E-state index contributed by atoms with van der Waals surface area (Å²) in [5.41, 5.74) is 1.51. The zero-order chi connectivity index (χ0) is 10.8. The first kappa shape index (κ1) is 9.73. The van der Waals surface area contributed by atoms with Crippen molar-refractivity contribution in [3.8, 4) is 0 Å². The molecule has 4 nitrogen and oxygen atoms in total. The molecule has 0 fully saturated rings. The molecule has 5 heteroatoms. The number of hydrogen-bond donors (Lipinski definition) is 1. The molecule has 15 heavy (non-hydrogen) atoms. The Labute approximate surface area is 90.3 Å². The number of fused-ring (bicyclic) bond motifs is 1. The Bertz CT molecular complexity index is 545. The fourth-order valence-electron chi connectivity index (χ4n) is 1.43. The average Bonchev–Trinajstić information content (AvgIpc) is 2.50. The number of aromatic amines is 1. The van der Waals surface area contributed by atoms with Crippen LogP contribution in [-0.4, -0.2) is 9.91 Å². The highest BCUT2D eigenvalue weighted by Crippen LogP contribution is 2.26. The van der Waals surface area contributed by atoms with E-state index in [1.165, 1.54) is 6.08 Å². The van der Waals surface area contributed by atoms with E-state index in [0.717, 1.165) is 17.1 Å². The molecule has 0 aliphatic rings. The van der Waals surface area contributed by atoms with Gasteiger partial charge in [0.25, 0.3) is 0 Å². The van der Waals surface area contributed by atoms with Crippen molar-refractivity contribution in [1.29, 1.82) is 0 Å². The minimum atomic E-state index is -0.516. The molecule has 76 valence electrons. The number of hydrogen-bond acceptors (Lipinski definition) is 2. The Balaban J connectivity index is 2.59. The lowest BCUT2D eigenvalue weighted by atomic mass is 10.2. The number of rotatable bonds is 2. The summed E-state index contributed by atoms with van der Waals surface area (Å²) in [6, 6.07) is 7.45. The third-order valence-corrected chi connectivity index (χ3v) is 2.36. The normalized spacial score (nSPS) is 11.3. The molecule has 0 radical (unpaired) electrons. The summed E-state index contributed by atoms with van der Waals surface area (Å²) < 4.78 is 0. The second kappa shape index (κ2) is 3.74. The third kappa shape index (κ3) is 1.85. The van der Waals surface area contributed by atoms with Crippen molar-refractivity contribution in [2.24, 2.45) is 0 Å². The second-order valence-corrected chi connectivity index (χ2v) is 3.38. The topological polar surface area (TPSA) is 58.9 Å². The van der Waals surface area contributed by atoms with Gasteiger partial charge in [-0.05, 0) is 6.07 Å². The van der Waals surface area contributed by atoms with E-state index in [-0.39, 0.29) is 0 Å². The molecule has 1 aromatic carbocycles. The molecule has 0 spiro atoms. The molecular weight excluding hydrogens is 216 g/mol. The van der Waals surface area contributed by atoms with E-state index in [1.807, 2.05) is 24.3 Å². The van der Waals surface area contributed by atoms with E-state index < -0.39 is 4.92 Å². The van der Waals surface area contributed by atoms with Gasteiger partial charge in [-0.25, -0.2) is 0 Å². The molecule has 1 N–H and O–H groups in total. The van der Waals surface area contributed by atoms with Crippen molar-refractivity contribution in [3.05, 3.63) is 51.3 Å². The van der Waals surface area contributed by atoms with Crippen LogP contribution in [0.15, 0.2) is 30.5 Å². The van der Waals surface area contributed by atoms with Crippen molar-refractivity contribution in [2.75, 3.05) is 0 Å². The predicted octanol–water partition coefficient (Wildman–Crippen LogP) is 3.07. The Morgan fingerprint density at radius 2 is 2.13 bits per heavy atom. The van der Waals surface area contributed by atoms with Gasteiger partial charge in [0.05, 0.1) is 4.92 Å². The van der Waals surface area contributed by atoms with Crippen LogP contribution in [-0.2, 0) is 0 Å². The van der Waals surface area contributed by atoms with E-state index in [4.69, 9.17) is 11.6 Å². The van der Waals surface area contributed by atoms with Gasteiger partial charge in [0, 0.05) is 22.5 Å². The number of halogens is 1. The Hall–Kier alpha value is -1.81. The van der Waals surface area contributed by atoms with Crippen LogP contribution in [0.3, 0.4) is 0 Å². The van der Waals surface area contributed by atoms with E-state index in [1.54, 1.807) is 0 Å². The van der Waals surface area contributed by atoms with Crippen LogP contribution in [0.25, 0.3) is 17.0 Å². The molecule has 0 unspecified atom stereocenters. The zero-order valence-electron chi connectivity index (χ0n) is 7.61. The van der Waals surface area contributed by atoms with Crippen LogP contribution in [0, 0.1) is 10.1 Å². The lowest BCUT2D eigenvalue weighted by Gasteiger charge is -1.89. The summed E-state index contributed by atoms with van der Waals surface area (Å²) in [4.78, 5) is 12.6. The summed E-state index contributed by atoms with van der Waals surface area (Å²) in [6.07, 6.45) is 2.27. The molecule has 0 saturated heterocycles. The van der Waals surface area contributed by atoms with Gasteiger partial charge in [0.15, 0.2) is 0 Å². The van der Waals surface area contributed by atoms with Crippen LogP contribution in [0.5, 0.6) is 0 Å². The van der Waals surface area contributed by atoms with E-state index in [9.17, 15) is 10.1 Å². The SMILES string of the molecule is O=[N+]([O-])C=Cc1c(Cl)[nH]c2ccccc12. The molecular formula is C10H7ClN2O2. The van der Waals surface area contributed by atoms with Crippen LogP contribution in [0.2, 0.25) is 5.15 Å². The lowest BCUT2D eigenvalue weighted by Crippen LogP contribution is -1.82. The fourth-order valence-corrected chi connectivity index (χ4v) is 1.70. The lowest BCUT2D eigenvalue weighted by molar-refractivity contribution is -0.400. The molecule has 2 aromatic rings. The Kier molecular flexibility index (Phi) is 2.43. The number of para-hydroxylation sites is 1. The van der Waals surface area contributed by atoms with Crippen molar-refractivity contribution >= 4 is 28.6 Å². The number of aromatic nitrogens is 1. The van der Waals surface area contributed by atoms with Crippen LogP contribution >= 0.6 is 11.6 Å². The molecule has 0 aliphatic carbocycles. The van der Waals surface area contributed by atoms with Gasteiger partial charge in [0.1, 0.15) is 5.15 Å². The van der Waals surface area contributed by atoms with Gasteiger partial charge in [0.2, 0.25) is 6.20 Å². The minimum absolute atomic E-state index is 0.411. The standard InChI is InChI=1S/C10H7ClN2O2/c11-10-8(5-6-13(14)15)7-3-1-2-4-9(7)12-10/h1-6,12H.